The van der Waals surface area contributed by atoms with Gasteiger partial charge in [0.2, 0.25) is 0 Å². The van der Waals surface area contributed by atoms with Crippen LogP contribution < -0.4 is 18.9 Å². The quantitative estimate of drug-likeness (QED) is 0.0863. The minimum absolute atomic E-state index is 0.104. The van der Waals surface area contributed by atoms with Gasteiger partial charge in [-0.1, -0.05) is 112 Å². The number of para-hydroxylation sites is 2. The van der Waals surface area contributed by atoms with Crippen molar-refractivity contribution in [2.45, 2.75) is 77.4 Å². The van der Waals surface area contributed by atoms with Gasteiger partial charge in [-0.3, -0.25) is 0 Å². The van der Waals surface area contributed by atoms with Crippen LogP contribution in [-0.2, 0) is 28.4 Å². The molecule has 0 aliphatic carbocycles. The number of rotatable bonds is 18. The third-order valence-corrected chi connectivity index (χ3v) is 11.3. The van der Waals surface area contributed by atoms with Gasteiger partial charge in [0.1, 0.15) is 23.0 Å². The summed E-state index contributed by atoms with van der Waals surface area (Å²) in [6.45, 7) is 13.2. The van der Waals surface area contributed by atoms with Crippen LogP contribution in [0.2, 0.25) is 10.0 Å². The zero-order valence-electron chi connectivity index (χ0n) is 34.2. The molecule has 308 valence electrons. The smallest absolute Gasteiger partial charge is 0.165 e. The Balaban J connectivity index is 1.44. The van der Waals surface area contributed by atoms with Crippen molar-refractivity contribution in [3.05, 3.63) is 177 Å². The molecule has 0 aliphatic heterocycles. The van der Waals surface area contributed by atoms with Crippen molar-refractivity contribution in [3.63, 3.8) is 0 Å². The summed E-state index contributed by atoms with van der Waals surface area (Å²) in [7, 11) is 0. The lowest BCUT2D eigenvalue weighted by Gasteiger charge is -2.43. The van der Waals surface area contributed by atoms with E-state index in [9.17, 15) is 0 Å². The molecule has 0 amide bonds. The molecule has 0 aliphatic rings. The lowest BCUT2D eigenvalue weighted by atomic mass is 9.74. The van der Waals surface area contributed by atoms with Gasteiger partial charge in [0, 0.05) is 10.8 Å². The number of hydrogen-bond donors (Lipinski definition) is 0. The minimum atomic E-state index is -0.682. The van der Waals surface area contributed by atoms with Crippen molar-refractivity contribution in [2.24, 2.45) is 0 Å². The van der Waals surface area contributed by atoms with E-state index in [1.54, 1.807) is 48.5 Å². The van der Waals surface area contributed by atoms with E-state index in [1.807, 2.05) is 86.6 Å². The molecule has 5 nitrogen and oxygen atoms in total. The second kappa shape index (κ2) is 19.3. The van der Waals surface area contributed by atoms with Crippen LogP contribution in [0.5, 0.6) is 34.5 Å². The molecule has 6 aromatic carbocycles. The second-order valence-electron chi connectivity index (χ2n) is 15.5. The standard InChI is InChI=1S/C50H50Cl2F2O5/c1-7-55-43-25-21-35(31-39(43)51)49(3,4)47(29-33-19-23-41(53)45(27-33)57-37-15-11-9-12-16-37)59-48(50(5,6)36-22-26-44(56-8-2)40(52)32-36)30-34-20-24-42(54)46(28-34)58-38-17-13-10-14-18-38/h9-28,31-32,47-48H,7-8,29-30H2,1-6H3. The van der Waals surface area contributed by atoms with E-state index in [4.69, 9.17) is 46.9 Å². The summed E-state index contributed by atoms with van der Waals surface area (Å²) in [6.07, 6.45) is -0.332. The molecule has 0 spiro atoms. The highest BCUT2D eigenvalue weighted by Crippen LogP contribution is 2.42. The second-order valence-corrected chi connectivity index (χ2v) is 16.3. The van der Waals surface area contributed by atoms with Gasteiger partial charge < -0.3 is 23.7 Å². The van der Waals surface area contributed by atoms with E-state index in [-0.39, 0.29) is 11.5 Å². The van der Waals surface area contributed by atoms with Crippen molar-refractivity contribution in [3.8, 4) is 34.5 Å². The van der Waals surface area contributed by atoms with Crippen LogP contribution in [0.4, 0.5) is 8.78 Å². The Morgan fingerprint density at radius 1 is 0.492 bits per heavy atom. The third kappa shape index (κ3) is 10.8. The molecule has 0 saturated carbocycles. The largest absolute Gasteiger partial charge is 0.492 e. The number of halogens is 4. The molecule has 0 fully saturated rings. The molecular weight excluding hydrogens is 789 g/mol. The zero-order valence-corrected chi connectivity index (χ0v) is 35.7. The maximum atomic E-state index is 15.3. The van der Waals surface area contributed by atoms with E-state index in [0.29, 0.717) is 59.1 Å². The molecule has 59 heavy (non-hydrogen) atoms. The molecule has 2 unspecified atom stereocenters. The molecule has 2 atom stereocenters. The maximum Gasteiger partial charge on any atom is 0.165 e. The molecule has 6 rings (SSSR count). The first-order valence-electron chi connectivity index (χ1n) is 19.8. The number of hydrogen-bond acceptors (Lipinski definition) is 5. The predicted octanol–water partition coefficient (Wildman–Crippen LogP) is 14.1. The first-order chi connectivity index (χ1) is 28.3. The van der Waals surface area contributed by atoms with Crippen molar-refractivity contribution >= 4 is 23.2 Å². The highest BCUT2D eigenvalue weighted by molar-refractivity contribution is 6.32. The van der Waals surface area contributed by atoms with E-state index < -0.39 is 34.7 Å². The Kier molecular flexibility index (Phi) is 14.2. The van der Waals surface area contributed by atoms with Crippen molar-refractivity contribution in [1.29, 1.82) is 0 Å². The van der Waals surface area contributed by atoms with Crippen LogP contribution in [0.1, 0.15) is 63.8 Å². The Hall–Kier alpha value is -5.08. The van der Waals surface area contributed by atoms with E-state index in [1.165, 1.54) is 12.1 Å². The highest BCUT2D eigenvalue weighted by Gasteiger charge is 2.40. The van der Waals surface area contributed by atoms with Crippen LogP contribution in [0.3, 0.4) is 0 Å². The molecule has 0 bridgehead atoms. The minimum Gasteiger partial charge on any atom is -0.492 e. The summed E-state index contributed by atoms with van der Waals surface area (Å²) in [5.74, 6) is 1.46. The van der Waals surface area contributed by atoms with Crippen LogP contribution in [0.15, 0.2) is 133 Å². The normalized spacial score (nSPS) is 12.8. The Morgan fingerprint density at radius 3 is 1.24 bits per heavy atom. The highest BCUT2D eigenvalue weighted by atomic mass is 35.5. The Labute approximate surface area is 356 Å². The summed E-state index contributed by atoms with van der Waals surface area (Å²) in [6, 6.07) is 39.6. The summed E-state index contributed by atoms with van der Waals surface area (Å²) < 4.78 is 61.7. The van der Waals surface area contributed by atoms with Crippen molar-refractivity contribution < 1.29 is 32.5 Å². The third-order valence-electron chi connectivity index (χ3n) is 10.7. The average molecular weight is 840 g/mol. The SMILES string of the molecule is CCOc1ccc(C(C)(C)C(Cc2ccc(F)c(Oc3ccccc3)c2)OC(Cc2ccc(F)c(Oc3ccccc3)c2)C(C)(C)c2ccc(OCC)c(Cl)c2)cc1Cl. The summed E-state index contributed by atoms with van der Waals surface area (Å²) in [4.78, 5) is 0. The molecule has 9 heteroatoms. The summed E-state index contributed by atoms with van der Waals surface area (Å²) >= 11 is 13.6. The number of benzene rings is 6. The molecule has 0 radical (unpaired) electrons. The monoisotopic (exact) mass is 838 g/mol. The maximum absolute atomic E-state index is 15.3. The summed E-state index contributed by atoms with van der Waals surface area (Å²) in [5.41, 5.74) is 2.07. The number of ether oxygens (including phenoxy) is 5. The van der Waals surface area contributed by atoms with Gasteiger partial charge in [-0.25, -0.2) is 8.78 Å². The van der Waals surface area contributed by atoms with Crippen LogP contribution in [0, 0.1) is 11.6 Å². The van der Waals surface area contributed by atoms with E-state index in [2.05, 4.69) is 27.7 Å². The van der Waals surface area contributed by atoms with Gasteiger partial charge in [0.05, 0.1) is 35.5 Å². The lowest BCUT2D eigenvalue weighted by Crippen LogP contribution is -2.46. The first kappa shape index (κ1) is 43.5. The van der Waals surface area contributed by atoms with Crippen LogP contribution >= 0.6 is 23.2 Å². The van der Waals surface area contributed by atoms with Gasteiger partial charge in [0.15, 0.2) is 23.1 Å². The van der Waals surface area contributed by atoms with E-state index >= 15 is 8.78 Å². The van der Waals surface area contributed by atoms with Crippen LogP contribution in [0.25, 0.3) is 0 Å². The molecular formula is C50H50Cl2F2O5. The van der Waals surface area contributed by atoms with Gasteiger partial charge in [-0.05, 0) is 122 Å². The van der Waals surface area contributed by atoms with Gasteiger partial charge in [-0.2, -0.15) is 0 Å². The zero-order chi connectivity index (χ0) is 42.2. The van der Waals surface area contributed by atoms with Gasteiger partial charge in [-0.15, -0.1) is 0 Å². The molecule has 0 N–H and O–H groups in total. The van der Waals surface area contributed by atoms with Crippen molar-refractivity contribution in [1.82, 2.24) is 0 Å². The fraction of sp³-hybridized carbons (Fsp3) is 0.280. The molecule has 6 aromatic rings. The molecule has 0 heterocycles. The van der Waals surface area contributed by atoms with Crippen LogP contribution in [-0.4, -0.2) is 25.4 Å². The van der Waals surface area contributed by atoms with Gasteiger partial charge in [0.25, 0.3) is 0 Å². The fourth-order valence-electron chi connectivity index (χ4n) is 7.03. The lowest BCUT2D eigenvalue weighted by molar-refractivity contribution is -0.0753. The summed E-state index contributed by atoms with van der Waals surface area (Å²) in [5, 5.41) is 0.962. The van der Waals surface area contributed by atoms with E-state index in [0.717, 1.165) is 22.3 Å². The molecule has 0 aromatic heterocycles. The first-order valence-corrected chi connectivity index (χ1v) is 20.6. The fourth-order valence-corrected chi connectivity index (χ4v) is 7.50. The average Bonchev–Trinajstić information content (AvgIpc) is 3.22. The Morgan fingerprint density at radius 2 is 0.881 bits per heavy atom. The predicted molar refractivity (Wildman–Crippen MR) is 233 cm³/mol. The van der Waals surface area contributed by atoms with Gasteiger partial charge >= 0.3 is 0 Å². The topological polar surface area (TPSA) is 46.2 Å². The Bertz CT molecular complexity index is 2150. The van der Waals surface area contributed by atoms with Crippen molar-refractivity contribution in [2.75, 3.05) is 13.2 Å². The molecule has 0 saturated heterocycles.